The topological polar surface area (TPSA) is 88.4 Å². The second kappa shape index (κ2) is 8.75. The molecule has 0 saturated heterocycles. The average Bonchev–Trinajstić information content (AvgIpc) is 3.18. The molecule has 0 aliphatic heterocycles. The van der Waals surface area contributed by atoms with Crippen LogP contribution in [0.5, 0.6) is 0 Å². The summed E-state index contributed by atoms with van der Waals surface area (Å²) in [4.78, 5) is 28.6. The van der Waals surface area contributed by atoms with Crippen molar-refractivity contribution < 1.29 is 9.59 Å². The summed E-state index contributed by atoms with van der Waals surface area (Å²) in [6, 6.07) is 15.7. The van der Waals surface area contributed by atoms with E-state index in [1.807, 2.05) is 6.07 Å². The minimum Gasteiger partial charge on any atom is -0.365 e. The fourth-order valence-electron chi connectivity index (χ4n) is 2.98. The minimum absolute atomic E-state index is 0.0785. The number of anilines is 2. The van der Waals surface area contributed by atoms with Gasteiger partial charge < -0.3 is 10.6 Å². The van der Waals surface area contributed by atoms with E-state index in [0.717, 1.165) is 5.56 Å². The first-order valence-corrected chi connectivity index (χ1v) is 10.1. The Kier molecular flexibility index (Phi) is 5.88. The quantitative estimate of drug-likeness (QED) is 0.396. The number of benzene rings is 2. The molecule has 2 aromatic carbocycles. The molecular formula is C22H17Cl2N5O2. The zero-order valence-corrected chi connectivity index (χ0v) is 17.9. The molecular weight excluding hydrogens is 437 g/mol. The summed E-state index contributed by atoms with van der Waals surface area (Å²) in [5.41, 5.74) is 2.76. The van der Waals surface area contributed by atoms with Crippen LogP contribution in [0.3, 0.4) is 0 Å². The first-order valence-electron chi connectivity index (χ1n) is 9.35. The Morgan fingerprint density at radius 2 is 1.87 bits per heavy atom. The Morgan fingerprint density at radius 1 is 1.03 bits per heavy atom. The maximum absolute atomic E-state index is 12.8. The van der Waals surface area contributed by atoms with Gasteiger partial charge in [0.15, 0.2) is 17.1 Å². The number of halogens is 2. The lowest BCUT2D eigenvalue weighted by Crippen LogP contribution is -2.16. The van der Waals surface area contributed by atoms with Gasteiger partial charge in [-0.15, -0.1) is 5.10 Å². The monoisotopic (exact) mass is 453 g/mol. The zero-order chi connectivity index (χ0) is 22.0. The maximum Gasteiger partial charge on any atom is 0.276 e. The van der Waals surface area contributed by atoms with Crippen molar-refractivity contribution in [2.45, 2.75) is 13.5 Å². The SMILES string of the molecule is CC(=O)c1cccc(NC(=O)c2cnc3ccc(NCc4ccc(Cl)c(Cl)c4)nn23)c1. The zero-order valence-electron chi connectivity index (χ0n) is 16.4. The van der Waals surface area contributed by atoms with Gasteiger partial charge in [0.05, 0.1) is 16.2 Å². The summed E-state index contributed by atoms with van der Waals surface area (Å²) in [6.07, 6.45) is 1.45. The first-order chi connectivity index (χ1) is 14.9. The third-order valence-corrected chi connectivity index (χ3v) is 5.32. The van der Waals surface area contributed by atoms with E-state index in [1.165, 1.54) is 17.6 Å². The first kappa shape index (κ1) is 20.8. The summed E-state index contributed by atoms with van der Waals surface area (Å²) in [6.45, 7) is 1.95. The highest BCUT2D eigenvalue weighted by atomic mass is 35.5. The van der Waals surface area contributed by atoms with Crippen molar-refractivity contribution in [1.82, 2.24) is 14.6 Å². The lowest BCUT2D eigenvalue weighted by molar-refractivity contribution is 0.100. The van der Waals surface area contributed by atoms with Crippen LogP contribution in [0.15, 0.2) is 60.8 Å². The largest absolute Gasteiger partial charge is 0.365 e. The Bertz CT molecular complexity index is 1300. The number of carbonyl (C=O) groups is 2. The smallest absolute Gasteiger partial charge is 0.276 e. The molecule has 0 atom stereocenters. The summed E-state index contributed by atoms with van der Waals surface area (Å²) < 4.78 is 1.46. The van der Waals surface area contributed by atoms with Crippen LogP contribution >= 0.6 is 23.2 Å². The number of hydrogen-bond donors (Lipinski definition) is 2. The van der Waals surface area contributed by atoms with Crippen molar-refractivity contribution in [1.29, 1.82) is 0 Å². The van der Waals surface area contributed by atoms with Crippen LogP contribution in [0.25, 0.3) is 5.65 Å². The summed E-state index contributed by atoms with van der Waals surface area (Å²) in [5, 5.41) is 11.4. The van der Waals surface area contributed by atoms with Gasteiger partial charge in [-0.3, -0.25) is 9.59 Å². The Morgan fingerprint density at radius 3 is 2.65 bits per heavy atom. The second-order valence-electron chi connectivity index (χ2n) is 6.83. The highest BCUT2D eigenvalue weighted by molar-refractivity contribution is 6.42. The molecule has 2 heterocycles. The summed E-state index contributed by atoms with van der Waals surface area (Å²) >= 11 is 12.0. The van der Waals surface area contributed by atoms with Crippen LogP contribution in [-0.2, 0) is 6.54 Å². The Labute approximate surface area is 188 Å². The van der Waals surface area contributed by atoms with Gasteiger partial charge in [-0.05, 0) is 48.9 Å². The van der Waals surface area contributed by atoms with Crippen molar-refractivity contribution in [3.63, 3.8) is 0 Å². The van der Waals surface area contributed by atoms with Crippen molar-refractivity contribution in [2.75, 3.05) is 10.6 Å². The number of fused-ring (bicyclic) bond motifs is 1. The number of rotatable bonds is 6. The van der Waals surface area contributed by atoms with Crippen LogP contribution in [0, 0.1) is 0 Å². The number of nitrogens with one attached hydrogen (secondary N) is 2. The third-order valence-electron chi connectivity index (χ3n) is 4.58. The summed E-state index contributed by atoms with van der Waals surface area (Å²) in [7, 11) is 0. The van der Waals surface area contributed by atoms with E-state index in [1.54, 1.807) is 48.5 Å². The molecule has 1 amide bonds. The minimum atomic E-state index is -0.387. The number of Topliss-reactive ketones (excluding diaryl/α,β-unsaturated/α-hetero) is 1. The fraction of sp³-hybridized carbons (Fsp3) is 0.0909. The number of amides is 1. The van der Waals surface area contributed by atoms with Gasteiger partial charge in [0.2, 0.25) is 0 Å². The van der Waals surface area contributed by atoms with Gasteiger partial charge in [-0.2, -0.15) is 0 Å². The van der Waals surface area contributed by atoms with Gasteiger partial charge in [-0.25, -0.2) is 9.50 Å². The number of carbonyl (C=O) groups excluding carboxylic acids is 2. The number of ketones is 1. The van der Waals surface area contributed by atoms with E-state index >= 15 is 0 Å². The molecule has 0 aliphatic rings. The standard InChI is InChI=1S/C22H17Cl2N5O2/c1-13(30)15-3-2-4-16(10-15)27-22(31)19-12-26-21-8-7-20(28-29(19)21)25-11-14-5-6-17(23)18(24)9-14/h2-10,12H,11H2,1H3,(H,25,28)(H,27,31). The Hall–Kier alpha value is -3.42. The van der Waals surface area contributed by atoms with E-state index in [9.17, 15) is 9.59 Å². The van der Waals surface area contributed by atoms with Crippen LogP contribution in [0.1, 0.15) is 33.3 Å². The Balaban J connectivity index is 1.53. The maximum atomic E-state index is 12.8. The molecule has 0 saturated carbocycles. The molecule has 156 valence electrons. The average molecular weight is 454 g/mol. The molecule has 2 N–H and O–H groups in total. The van der Waals surface area contributed by atoms with Crippen molar-refractivity contribution in [3.8, 4) is 0 Å². The molecule has 31 heavy (non-hydrogen) atoms. The van der Waals surface area contributed by atoms with E-state index in [4.69, 9.17) is 23.2 Å². The van der Waals surface area contributed by atoms with Crippen molar-refractivity contribution in [2.24, 2.45) is 0 Å². The van der Waals surface area contributed by atoms with Gasteiger partial charge in [0, 0.05) is 17.8 Å². The van der Waals surface area contributed by atoms with Gasteiger partial charge >= 0.3 is 0 Å². The number of aromatic nitrogens is 3. The van der Waals surface area contributed by atoms with Crippen LogP contribution in [0.4, 0.5) is 11.5 Å². The molecule has 0 unspecified atom stereocenters. The van der Waals surface area contributed by atoms with Crippen LogP contribution < -0.4 is 10.6 Å². The molecule has 9 heteroatoms. The highest BCUT2D eigenvalue weighted by Gasteiger charge is 2.14. The number of hydrogen-bond acceptors (Lipinski definition) is 5. The normalized spacial score (nSPS) is 10.8. The molecule has 4 aromatic rings. The molecule has 2 aromatic heterocycles. The highest BCUT2D eigenvalue weighted by Crippen LogP contribution is 2.23. The number of imidazole rings is 1. The van der Waals surface area contributed by atoms with E-state index in [2.05, 4.69) is 20.7 Å². The molecule has 4 rings (SSSR count). The van der Waals surface area contributed by atoms with Gasteiger partial charge in [0.1, 0.15) is 5.82 Å². The lowest BCUT2D eigenvalue weighted by Gasteiger charge is -2.09. The van der Waals surface area contributed by atoms with Crippen LogP contribution in [-0.4, -0.2) is 26.3 Å². The molecule has 0 spiro atoms. The second-order valence-corrected chi connectivity index (χ2v) is 7.64. The number of nitrogens with zero attached hydrogens (tertiary/aromatic N) is 3. The van der Waals surface area contributed by atoms with Gasteiger partial charge in [-0.1, -0.05) is 41.4 Å². The molecule has 0 fully saturated rings. The van der Waals surface area contributed by atoms with Crippen molar-refractivity contribution in [3.05, 3.63) is 87.7 Å². The molecule has 0 bridgehead atoms. The lowest BCUT2D eigenvalue weighted by atomic mass is 10.1. The van der Waals surface area contributed by atoms with E-state index < -0.39 is 0 Å². The fourth-order valence-corrected chi connectivity index (χ4v) is 3.30. The van der Waals surface area contributed by atoms with E-state index in [-0.39, 0.29) is 17.4 Å². The predicted octanol–water partition coefficient (Wildman–Crippen LogP) is 5.10. The summed E-state index contributed by atoms with van der Waals surface area (Å²) in [5.74, 6) is 0.0943. The third kappa shape index (κ3) is 4.68. The molecule has 0 radical (unpaired) electrons. The van der Waals surface area contributed by atoms with Crippen LogP contribution in [0.2, 0.25) is 10.0 Å². The molecule has 0 aliphatic carbocycles. The van der Waals surface area contributed by atoms with E-state index in [0.29, 0.717) is 39.3 Å². The predicted molar refractivity (Wildman–Crippen MR) is 121 cm³/mol. The van der Waals surface area contributed by atoms with Gasteiger partial charge in [0.25, 0.3) is 5.91 Å². The van der Waals surface area contributed by atoms with Crippen molar-refractivity contribution >= 4 is 52.0 Å². The molecule has 7 nitrogen and oxygen atoms in total.